The van der Waals surface area contributed by atoms with Gasteiger partial charge in [0.05, 0.1) is 0 Å². The summed E-state index contributed by atoms with van der Waals surface area (Å²) in [4.78, 5) is 11.8. The minimum absolute atomic E-state index is 0.233. The molecule has 0 unspecified atom stereocenters. The standard InChI is InChI=1S/C14H23NOS/c16-14(12-6-2-1-3-7-12)15-10-11-17-13-8-4-5-9-13/h1-2,12-13H,3-11H2,(H,15,16)/t12-/m1/s1. The van der Waals surface area contributed by atoms with Gasteiger partial charge in [-0.05, 0) is 32.1 Å². The van der Waals surface area contributed by atoms with E-state index in [1.165, 1.54) is 25.7 Å². The van der Waals surface area contributed by atoms with Crippen LogP contribution in [0.15, 0.2) is 12.2 Å². The van der Waals surface area contributed by atoms with Gasteiger partial charge < -0.3 is 5.32 Å². The van der Waals surface area contributed by atoms with Gasteiger partial charge in [0.2, 0.25) is 5.91 Å². The van der Waals surface area contributed by atoms with Crippen LogP contribution in [-0.4, -0.2) is 23.5 Å². The highest BCUT2D eigenvalue weighted by Crippen LogP contribution is 2.28. The van der Waals surface area contributed by atoms with Gasteiger partial charge in [-0.1, -0.05) is 25.0 Å². The maximum Gasteiger partial charge on any atom is 0.223 e. The van der Waals surface area contributed by atoms with E-state index in [1.807, 2.05) is 11.8 Å². The summed E-state index contributed by atoms with van der Waals surface area (Å²) < 4.78 is 0. The van der Waals surface area contributed by atoms with Crippen LogP contribution in [0.4, 0.5) is 0 Å². The van der Waals surface area contributed by atoms with Crippen LogP contribution in [0, 0.1) is 5.92 Å². The Balaban J connectivity index is 1.54. The van der Waals surface area contributed by atoms with Gasteiger partial charge in [0.15, 0.2) is 0 Å². The zero-order valence-corrected chi connectivity index (χ0v) is 11.3. The highest BCUT2D eigenvalue weighted by atomic mass is 32.2. The second kappa shape index (κ2) is 7.10. The summed E-state index contributed by atoms with van der Waals surface area (Å²) in [5.41, 5.74) is 0. The normalized spacial score (nSPS) is 25.1. The Morgan fingerprint density at radius 3 is 2.76 bits per heavy atom. The molecule has 1 amide bonds. The molecule has 1 atom stereocenters. The van der Waals surface area contributed by atoms with Crippen LogP contribution < -0.4 is 5.32 Å². The third-order valence-corrected chi connectivity index (χ3v) is 5.08. The first kappa shape index (κ1) is 13.0. The molecule has 96 valence electrons. The summed E-state index contributed by atoms with van der Waals surface area (Å²) in [6.07, 6.45) is 12.9. The maximum absolute atomic E-state index is 11.8. The van der Waals surface area contributed by atoms with Crippen LogP contribution in [0.5, 0.6) is 0 Å². The van der Waals surface area contributed by atoms with E-state index in [0.29, 0.717) is 0 Å². The van der Waals surface area contributed by atoms with E-state index in [2.05, 4.69) is 17.5 Å². The van der Waals surface area contributed by atoms with Gasteiger partial charge in [0.25, 0.3) is 0 Å². The third kappa shape index (κ3) is 4.38. The van der Waals surface area contributed by atoms with Crippen molar-refractivity contribution in [2.45, 2.75) is 50.2 Å². The molecule has 17 heavy (non-hydrogen) atoms. The summed E-state index contributed by atoms with van der Waals surface area (Å²) in [5, 5.41) is 3.95. The van der Waals surface area contributed by atoms with Crippen LogP contribution >= 0.6 is 11.8 Å². The minimum atomic E-state index is 0.233. The summed E-state index contributed by atoms with van der Waals surface area (Å²) >= 11 is 2.04. The fourth-order valence-corrected chi connectivity index (χ4v) is 3.85. The van der Waals surface area contributed by atoms with Crippen LogP contribution in [0.25, 0.3) is 0 Å². The van der Waals surface area contributed by atoms with E-state index in [-0.39, 0.29) is 11.8 Å². The topological polar surface area (TPSA) is 29.1 Å². The number of allylic oxidation sites excluding steroid dienone is 2. The molecule has 2 aliphatic carbocycles. The van der Waals surface area contributed by atoms with Crippen molar-refractivity contribution >= 4 is 17.7 Å². The molecule has 0 spiro atoms. The summed E-state index contributed by atoms with van der Waals surface area (Å²) in [6.45, 7) is 0.847. The summed E-state index contributed by atoms with van der Waals surface area (Å²) in [5.74, 6) is 1.58. The molecule has 0 aromatic carbocycles. The second-order valence-corrected chi connectivity index (χ2v) is 6.46. The van der Waals surface area contributed by atoms with Crippen molar-refractivity contribution in [3.63, 3.8) is 0 Å². The first-order valence-electron chi connectivity index (χ1n) is 6.90. The van der Waals surface area contributed by atoms with Crippen molar-refractivity contribution in [3.05, 3.63) is 12.2 Å². The highest BCUT2D eigenvalue weighted by molar-refractivity contribution is 7.99. The van der Waals surface area contributed by atoms with Crippen LogP contribution in [-0.2, 0) is 4.79 Å². The zero-order valence-electron chi connectivity index (χ0n) is 10.5. The van der Waals surface area contributed by atoms with Gasteiger partial charge >= 0.3 is 0 Å². The molecular weight excluding hydrogens is 230 g/mol. The molecule has 0 aliphatic heterocycles. The number of carbonyl (C=O) groups excluding carboxylic acids is 1. The molecule has 0 bridgehead atoms. The number of carbonyl (C=O) groups is 1. The van der Waals surface area contributed by atoms with Crippen LogP contribution in [0.1, 0.15) is 44.9 Å². The Hall–Kier alpha value is -0.440. The smallest absolute Gasteiger partial charge is 0.223 e. The number of thioether (sulfide) groups is 1. The predicted molar refractivity (Wildman–Crippen MR) is 74.2 cm³/mol. The van der Waals surface area contributed by atoms with Crippen LogP contribution in [0.2, 0.25) is 0 Å². The number of hydrogen-bond acceptors (Lipinski definition) is 2. The lowest BCUT2D eigenvalue weighted by Crippen LogP contribution is -2.32. The fourth-order valence-electron chi connectivity index (χ4n) is 2.63. The summed E-state index contributed by atoms with van der Waals surface area (Å²) in [7, 11) is 0. The molecule has 2 aliphatic rings. The lowest BCUT2D eigenvalue weighted by molar-refractivity contribution is -0.125. The van der Waals surface area contributed by atoms with Gasteiger partial charge in [-0.3, -0.25) is 4.79 Å². The van der Waals surface area contributed by atoms with Crippen molar-refractivity contribution < 1.29 is 4.79 Å². The first-order chi connectivity index (χ1) is 8.36. The largest absolute Gasteiger partial charge is 0.355 e. The quantitative estimate of drug-likeness (QED) is 0.602. The lowest BCUT2D eigenvalue weighted by Gasteiger charge is -2.17. The Kier molecular flexibility index (Phi) is 5.43. The zero-order chi connectivity index (χ0) is 11.9. The molecule has 0 aromatic rings. The average Bonchev–Trinajstić information content (AvgIpc) is 2.88. The van der Waals surface area contributed by atoms with Crippen LogP contribution in [0.3, 0.4) is 0 Å². The third-order valence-electron chi connectivity index (χ3n) is 3.70. The Morgan fingerprint density at radius 2 is 2.06 bits per heavy atom. The number of nitrogens with one attached hydrogen (secondary N) is 1. The van der Waals surface area contributed by atoms with Crippen molar-refractivity contribution in [2.24, 2.45) is 5.92 Å². The van der Waals surface area contributed by atoms with Gasteiger partial charge in [0.1, 0.15) is 0 Å². The number of hydrogen-bond donors (Lipinski definition) is 1. The Bertz CT molecular complexity index is 271. The van der Waals surface area contributed by atoms with Crippen molar-refractivity contribution in [1.29, 1.82) is 0 Å². The van der Waals surface area contributed by atoms with Gasteiger partial charge in [-0.25, -0.2) is 0 Å². The van der Waals surface area contributed by atoms with E-state index in [1.54, 1.807) is 0 Å². The van der Waals surface area contributed by atoms with E-state index in [9.17, 15) is 4.79 Å². The Morgan fingerprint density at radius 1 is 1.24 bits per heavy atom. The molecule has 0 aromatic heterocycles. The monoisotopic (exact) mass is 253 g/mol. The molecule has 2 nitrogen and oxygen atoms in total. The molecule has 0 radical (unpaired) electrons. The van der Waals surface area contributed by atoms with E-state index in [0.717, 1.165) is 36.8 Å². The molecule has 1 saturated carbocycles. The predicted octanol–water partition coefficient (Wildman–Crippen LogP) is 3.13. The average molecular weight is 253 g/mol. The molecule has 0 heterocycles. The molecule has 0 saturated heterocycles. The van der Waals surface area contributed by atoms with Crippen molar-refractivity contribution in [1.82, 2.24) is 5.32 Å². The highest BCUT2D eigenvalue weighted by Gasteiger charge is 2.18. The molecule has 2 rings (SSSR count). The first-order valence-corrected chi connectivity index (χ1v) is 7.95. The van der Waals surface area contributed by atoms with E-state index >= 15 is 0 Å². The van der Waals surface area contributed by atoms with E-state index < -0.39 is 0 Å². The van der Waals surface area contributed by atoms with Crippen molar-refractivity contribution in [2.75, 3.05) is 12.3 Å². The molecule has 1 N–H and O–H groups in total. The van der Waals surface area contributed by atoms with Gasteiger partial charge in [-0.2, -0.15) is 11.8 Å². The van der Waals surface area contributed by atoms with E-state index in [4.69, 9.17) is 0 Å². The SMILES string of the molecule is O=C(NCCSC1CCCC1)[C@@H]1CC=CCC1. The van der Waals surface area contributed by atoms with Gasteiger partial charge in [-0.15, -0.1) is 0 Å². The fraction of sp³-hybridized carbons (Fsp3) is 0.786. The second-order valence-electron chi connectivity index (χ2n) is 5.05. The Labute approximate surface area is 109 Å². The molecule has 3 heteroatoms. The summed E-state index contributed by atoms with van der Waals surface area (Å²) in [6, 6.07) is 0. The maximum atomic E-state index is 11.8. The molecule has 1 fully saturated rings. The lowest BCUT2D eigenvalue weighted by atomic mass is 9.94. The van der Waals surface area contributed by atoms with Gasteiger partial charge in [0, 0.05) is 23.5 Å². The molecular formula is C14H23NOS. The number of amides is 1. The van der Waals surface area contributed by atoms with Crippen molar-refractivity contribution in [3.8, 4) is 0 Å². The minimum Gasteiger partial charge on any atom is -0.355 e. The number of rotatable bonds is 5.